The average molecular weight is 306 g/mol. The molecule has 0 aliphatic rings. The molecule has 0 fully saturated rings. The molecule has 3 heterocycles. The number of fused-ring (bicyclic) bond motifs is 1. The Balaban J connectivity index is 1.79. The van der Waals surface area contributed by atoms with Crippen LogP contribution < -0.4 is 5.32 Å². The SMILES string of the molecule is Fc1cc(-c2nccc3nc(Nc4ccccc4)nn23)ccn1. The van der Waals surface area contributed by atoms with Gasteiger partial charge in [0, 0.05) is 35.8 Å². The third-order valence-electron chi connectivity index (χ3n) is 3.27. The van der Waals surface area contributed by atoms with Gasteiger partial charge in [0.2, 0.25) is 11.9 Å². The first kappa shape index (κ1) is 13.3. The van der Waals surface area contributed by atoms with Crippen molar-refractivity contribution in [2.45, 2.75) is 0 Å². The quantitative estimate of drug-likeness (QED) is 0.589. The molecule has 0 aliphatic heterocycles. The standard InChI is InChI=1S/C16H11FN6/c17-13-10-11(6-8-18-13)15-19-9-7-14-21-16(22-23(14)15)20-12-4-2-1-3-5-12/h1-10H,(H,20,22). The van der Waals surface area contributed by atoms with E-state index in [0.29, 0.717) is 23.0 Å². The molecule has 1 aromatic carbocycles. The topological polar surface area (TPSA) is 68.0 Å². The zero-order valence-electron chi connectivity index (χ0n) is 11.9. The fourth-order valence-corrected chi connectivity index (χ4v) is 2.26. The molecule has 0 spiro atoms. The number of nitrogens with zero attached hydrogens (tertiary/aromatic N) is 5. The zero-order valence-corrected chi connectivity index (χ0v) is 11.9. The van der Waals surface area contributed by atoms with Crippen LogP contribution in [0.1, 0.15) is 0 Å². The van der Waals surface area contributed by atoms with Crippen molar-refractivity contribution in [2.24, 2.45) is 0 Å². The van der Waals surface area contributed by atoms with Crippen molar-refractivity contribution < 1.29 is 4.39 Å². The van der Waals surface area contributed by atoms with Crippen LogP contribution in [0.2, 0.25) is 0 Å². The first-order valence-corrected chi connectivity index (χ1v) is 6.95. The highest BCUT2D eigenvalue weighted by Gasteiger charge is 2.11. The van der Waals surface area contributed by atoms with Crippen LogP contribution in [-0.4, -0.2) is 24.6 Å². The number of halogens is 1. The van der Waals surface area contributed by atoms with Gasteiger partial charge >= 0.3 is 0 Å². The second kappa shape index (κ2) is 5.45. The molecule has 0 atom stereocenters. The Morgan fingerprint density at radius 3 is 2.61 bits per heavy atom. The maximum absolute atomic E-state index is 13.3. The van der Waals surface area contributed by atoms with Gasteiger partial charge < -0.3 is 5.32 Å². The third-order valence-corrected chi connectivity index (χ3v) is 3.27. The van der Waals surface area contributed by atoms with E-state index in [-0.39, 0.29) is 0 Å². The number of pyridine rings is 1. The van der Waals surface area contributed by atoms with E-state index in [9.17, 15) is 4.39 Å². The first-order chi connectivity index (χ1) is 11.3. The maximum atomic E-state index is 13.3. The number of benzene rings is 1. The fraction of sp³-hybridized carbons (Fsp3) is 0. The number of hydrogen-bond acceptors (Lipinski definition) is 5. The highest BCUT2D eigenvalue weighted by atomic mass is 19.1. The molecular weight excluding hydrogens is 295 g/mol. The van der Waals surface area contributed by atoms with E-state index in [4.69, 9.17) is 0 Å². The van der Waals surface area contributed by atoms with Gasteiger partial charge in [0.25, 0.3) is 0 Å². The Kier molecular flexibility index (Phi) is 3.16. The molecule has 7 heteroatoms. The fourth-order valence-electron chi connectivity index (χ4n) is 2.26. The largest absolute Gasteiger partial charge is 0.323 e. The van der Waals surface area contributed by atoms with Crippen LogP contribution in [0, 0.1) is 5.95 Å². The minimum atomic E-state index is -0.566. The lowest BCUT2D eigenvalue weighted by Gasteiger charge is -2.02. The highest BCUT2D eigenvalue weighted by molar-refractivity contribution is 5.61. The smallest absolute Gasteiger partial charge is 0.247 e. The summed E-state index contributed by atoms with van der Waals surface area (Å²) in [5.41, 5.74) is 2.08. The predicted molar refractivity (Wildman–Crippen MR) is 83.7 cm³/mol. The van der Waals surface area contributed by atoms with E-state index in [0.717, 1.165) is 5.69 Å². The summed E-state index contributed by atoms with van der Waals surface area (Å²) < 4.78 is 14.9. The van der Waals surface area contributed by atoms with Gasteiger partial charge in [0.05, 0.1) is 0 Å². The van der Waals surface area contributed by atoms with E-state index in [1.165, 1.54) is 12.3 Å². The van der Waals surface area contributed by atoms with Gasteiger partial charge in [-0.15, -0.1) is 5.10 Å². The number of anilines is 2. The van der Waals surface area contributed by atoms with Gasteiger partial charge in [-0.2, -0.15) is 13.9 Å². The molecule has 6 nitrogen and oxygen atoms in total. The molecule has 3 aromatic heterocycles. The molecule has 112 valence electrons. The number of para-hydroxylation sites is 1. The summed E-state index contributed by atoms with van der Waals surface area (Å²) >= 11 is 0. The van der Waals surface area contributed by atoms with E-state index >= 15 is 0 Å². The second-order valence-corrected chi connectivity index (χ2v) is 4.83. The second-order valence-electron chi connectivity index (χ2n) is 4.83. The molecule has 0 bridgehead atoms. The number of rotatable bonds is 3. The Morgan fingerprint density at radius 2 is 1.78 bits per heavy atom. The molecule has 0 saturated heterocycles. The summed E-state index contributed by atoms with van der Waals surface area (Å²) in [5.74, 6) is 0.376. The molecule has 4 aromatic rings. The Morgan fingerprint density at radius 1 is 0.957 bits per heavy atom. The summed E-state index contributed by atoms with van der Waals surface area (Å²) in [5, 5.41) is 7.53. The van der Waals surface area contributed by atoms with Crippen molar-refractivity contribution in [1.29, 1.82) is 0 Å². The van der Waals surface area contributed by atoms with Crippen molar-refractivity contribution in [3.63, 3.8) is 0 Å². The van der Waals surface area contributed by atoms with E-state index in [1.54, 1.807) is 22.8 Å². The minimum absolute atomic E-state index is 0.444. The maximum Gasteiger partial charge on any atom is 0.247 e. The summed E-state index contributed by atoms with van der Waals surface area (Å²) in [6, 6.07) is 14.3. The summed E-state index contributed by atoms with van der Waals surface area (Å²) in [7, 11) is 0. The minimum Gasteiger partial charge on any atom is -0.323 e. The lowest BCUT2D eigenvalue weighted by molar-refractivity contribution is 0.584. The summed E-state index contributed by atoms with van der Waals surface area (Å²) in [6.07, 6.45) is 3.01. The summed E-state index contributed by atoms with van der Waals surface area (Å²) in [4.78, 5) is 12.2. The van der Waals surface area contributed by atoms with Crippen LogP contribution in [0.3, 0.4) is 0 Å². The number of hydrogen-bond donors (Lipinski definition) is 1. The Bertz CT molecular complexity index is 967. The number of nitrogens with one attached hydrogen (secondary N) is 1. The molecule has 1 N–H and O–H groups in total. The van der Waals surface area contributed by atoms with Gasteiger partial charge in [0.1, 0.15) is 0 Å². The molecular formula is C16H11FN6. The first-order valence-electron chi connectivity index (χ1n) is 6.95. The van der Waals surface area contributed by atoms with E-state index < -0.39 is 5.95 Å². The third kappa shape index (κ3) is 2.59. The van der Waals surface area contributed by atoms with Crippen molar-refractivity contribution in [2.75, 3.05) is 5.32 Å². The van der Waals surface area contributed by atoms with Crippen LogP contribution >= 0.6 is 0 Å². The van der Waals surface area contributed by atoms with Crippen LogP contribution in [0.25, 0.3) is 17.0 Å². The van der Waals surface area contributed by atoms with Crippen LogP contribution in [0.5, 0.6) is 0 Å². The van der Waals surface area contributed by atoms with Gasteiger partial charge in [-0.25, -0.2) is 9.97 Å². The molecule has 0 saturated carbocycles. The lowest BCUT2D eigenvalue weighted by atomic mass is 10.2. The van der Waals surface area contributed by atoms with Gasteiger partial charge in [0.15, 0.2) is 11.5 Å². The Hall–Kier alpha value is -3.35. The normalized spacial score (nSPS) is 10.8. The van der Waals surface area contributed by atoms with Crippen molar-refractivity contribution in [3.05, 3.63) is 66.9 Å². The van der Waals surface area contributed by atoms with Crippen LogP contribution in [0.15, 0.2) is 60.9 Å². The molecule has 0 radical (unpaired) electrons. The monoisotopic (exact) mass is 306 g/mol. The van der Waals surface area contributed by atoms with Crippen molar-refractivity contribution in [3.8, 4) is 11.4 Å². The molecule has 23 heavy (non-hydrogen) atoms. The van der Waals surface area contributed by atoms with Gasteiger partial charge in [-0.1, -0.05) is 18.2 Å². The van der Waals surface area contributed by atoms with Crippen LogP contribution in [0.4, 0.5) is 16.0 Å². The number of aromatic nitrogens is 5. The van der Waals surface area contributed by atoms with Gasteiger partial charge in [-0.05, 0) is 18.2 Å². The highest BCUT2D eigenvalue weighted by Crippen LogP contribution is 2.19. The van der Waals surface area contributed by atoms with Gasteiger partial charge in [-0.3, -0.25) is 0 Å². The predicted octanol–water partition coefficient (Wildman–Crippen LogP) is 3.07. The van der Waals surface area contributed by atoms with Crippen LogP contribution in [-0.2, 0) is 0 Å². The van der Waals surface area contributed by atoms with E-state index in [1.807, 2.05) is 30.3 Å². The van der Waals surface area contributed by atoms with E-state index in [2.05, 4.69) is 25.4 Å². The molecule has 0 amide bonds. The Labute approximate surface area is 130 Å². The van der Waals surface area contributed by atoms with Crippen molar-refractivity contribution >= 4 is 17.3 Å². The molecule has 0 aliphatic carbocycles. The summed E-state index contributed by atoms with van der Waals surface area (Å²) in [6.45, 7) is 0. The molecule has 0 unspecified atom stereocenters. The zero-order chi connectivity index (χ0) is 15.6. The lowest BCUT2D eigenvalue weighted by Crippen LogP contribution is -1.98. The average Bonchev–Trinajstić information content (AvgIpc) is 2.98. The molecule has 4 rings (SSSR count). The van der Waals surface area contributed by atoms with Crippen molar-refractivity contribution in [1.82, 2.24) is 24.6 Å².